The van der Waals surface area contributed by atoms with Crippen molar-refractivity contribution in [1.82, 2.24) is 9.97 Å². The maximum Gasteiger partial charge on any atom is 0.422 e. The fraction of sp³-hybridized carbons (Fsp3) is 0.333. The number of rotatable bonds is 6. The zero-order chi connectivity index (χ0) is 20.3. The minimum absolute atomic E-state index is 0.187. The summed E-state index contributed by atoms with van der Waals surface area (Å²) in [5, 5.41) is 12.5. The van der Waals surface area contributed by atoms with Crippen molar-refractivity contribution in [1.29, 1.82) is 5.26 Å². The fourth-order valence-corrected chi connectivity index (χ4v) is 3.01. The van der Waals surface area contributed by atoms with E-state index in [1.54, 1.807) is 12.3 Å². The molecule has 1 aliphatic rings. The maximum atomic E-state index is 12.7. The summed E-state index contributed by atoms with van der Waals surface area (Å²) in [5.74, 6) is -0.420. The zero-order valence-corrected chi connectivity index (χ0v) is 15.5. The molecule has 2 aromatic rings. The van der Waals surface area contributed by atoms with E-state index in [9.17, 15) is 23.2 Å². The molecule has 2 aromatic heterocycles. The molecule has 1 aliphatic carbocycles. The molecule has 0 atom stereocenters. The predicted molar refractivity (Wildman–Crippen MR) is 96.4 cm³/mol. The normalized spacial score (nSPS) is 13.7. The van der Waals surface area contributed by atoms with Gasteiger partial charge in [-0.1, -0.05) is 0 Å². The number of halogens is 3. The van der Waals surface area contributed by atoms with Crippen LogP contribution in [0, 0.1) is 11.3 Å². The van der Waals surface area contributed by atoms with Crippen LogP contribution in [0.1, 0.15) is 40.4 Å². The molecule has 28 heavy (non-hydrogen) atoms. The molecule has 146 valence electrons. The van der Waals surface area contributed by atoms with Gasteiger partial charge in [-0.3, -0.25) is 4.79 Å². The molecule has 10 heteroatoms. The first-order valence-corrected chi connectivity index (χ1v) is 9.49. The lowest BCUT2D eigenvalue weighted by Crippen LogP contribution is -2.19. The number of carbonyl (C=O) groups excluding carboxylic acids is 1. The van der Waals surface area contributed by atoms with Gasteiger partial charge in [0, 0.05) is 17.7 Å². The molecule has 0 aliphatic heterocycles. The van der Waals surface area contributed by atoms with Gasteiger partial charge in [0.05, 0.1) is 23.0 Å². The molecule has 0 unspecified atom stereocenters. The Balaban J connectivity index is 1.77. The first kappa shape index (κ1) is 19.9. The van der Waals surface area contributed by atoms with Gasteiger partial charge in [0.1, 0.15) is 11.1 Å². The summed E-state index contributed by atoms with van der Waals surface area (Å²) < 4.78 is 41.0. The van der Waals surface area contributed by atoms with E-state index in [0.717, 1.165) is 18.5 Å². The summed E-state index contributed by atoms with van der Waals surface area (Å²) in [6.45, 7) is -1.45. The van der Waals surface area contributed by atoms with E-state index in [1.165, 1.54) is 30.1 Å². The Labute approximate surface area is 163 Å². The Hall–Kier alpha value is -2.80. The lowest BCUT2D eigenvalue weighted by Gasteiger charge is -2.12. The number of anilines is 1. The predicted octanol–water partition coefficient (Wildman–Crippen LogP) is 4.14. The van der Waals surface area contributed by atoms with E-state index in [1.807, 2.05) is 6.07 Å². The van der Waals surface area contributed by atoms with Crippen LogP contribution in [0.25, 0.3) is 0 Å². The Morgan fingerprint density at radius 1 is 1.43 bits per heavy atom. The largest absolute Gasteiger partial charge is 0.468 e. The van der Waals surface area contributed by atoms with Crippen LogP contribution in [0.4, 0.5) is 18.9 Å². The van der Waals surface area contributed by atoms with Crippen molar-refractivity contribution in [2.45, 2.75) is 30.0 Å². The summed E-state index contributed by atoms with van der Waals surface area (Å²) in [7, 11) is 0. The summed E-state index contributed by atoms with van der Waals surface area (Å²) in [5.41, 5.74) is 1.44. The first-order valence-electron chi connectivity index (χ1n) is 8.26. The Morgan fingerprint density at radius 2 is 2.18 bits per heavy atom. The van der Waals surface area contributed by atoms with Crippen LogP contribution in [0.2, 0.25) is 0 Å². The van der Waals surface area contributed by atoms with Crippen molar-refractivity contribution in [2.75, 3.05) is 18.2 Å². The minimum Gasteiger partial charge on any atom is -0.468 e. The van der Waals surface area contributed by atoms with E-state index >= 15 is 0 Å². The number of alkyl halides is 3. The molecule has 0 bridgehead atoms. The van der Waals surface area contributed by atoms with Crippen molar-refractivity contribution in [2.24, 2.45) is 0 Å². The van der Waals surface area contributed by atoms with Crippen LogP contribution in [0.5, 0.6) is 5.88 Å². The van der Waals surface area contributed by atoms with Crippen LogP contribution >= 0.6 is 11.8 Å². The van der Waals surface area contributed by atoms with Gasteiger partial charge in [-0.2, -0.15) is 18.4 Å². The Kier molecular flexibility index (Phi) is 5.74. The highest BCUT2D eigenvalue weighted by molar-refractivity contribution is 7.98. The highest BCUT2D eigenvalue weighted by Crippen LogP contribution is 2.40. The summed E-state index contributed by atoms with van der Waals surface area (Å²) in [6, 6.07) is 6.25. The monoisotopic (exact) mass is 408 g/mol. The van der Waals surface area contributed by atoms with Gasteiger partial charge < -0.3 is 10.1 Å². The minimum atomic E-state index is -4.46. The van der Waals surface area contributed by atoms with E-state index in [-0.39, 0.29) is 22.7 Å². The summed E-state index contributed by atoms with van der Waals surface area (Å²) >= 11 is 1.29. The molecule has 1 fully saturated rings. The van der Waals surface area contributed by atoms with Crippen LogP contribution in [0.15, 0.2) is 29.4 Å². The Morgan fingerprint density at radius 3 is 2.71 bits per heavy atom. The van der Waals surface area contributed by atoms with E-state index < -0.39 is 18.7 Å². The molecule has 0 aromatic carbocycles. The molecule has 3 rings (SSSR count). The van der Waals surface area contributed by atoms with Gasteiger partial charge >= 0.3 is 6.18 Å². The van der Waals surface area contributed by atoms with E-state index in [0.29, 0.717) is 10.9 Å². The maximum absolute atomic E-state index is 12.7. The first-order chi connectivity index (χ1) is 13.3. The van der Waals surface area contributed by atoms with Crippen molar-refractivity contribution in [3.05, 3.63) is 41.2 Å². The number of carbonyl (C=O) groups is 1. The molecular formula is C18H15F3N4O2S. The molecule has 1 saturated carbocycles. The second-order valence-electron chi connectivity index (χ2n) is 6.11. The standard InChI is InChI=1S/C18H15F3N4O2S/c1-28-17-13(7-22)12(6-14(25-17)10-2-3-10)16(26)24-11-4-5-15(23-8-11)27-9-18(19,20)21/h4-6,8,10H,2-3,9H2,1H3,(H,24,26). The number of amides is 1. The molecular weight excluding hydrogens is 393 g/mol. The van der Waals surface area contributed by atoms with Crippen LogP contribution < -0.4 is 10.1 Å². The van der Waals surface area contributed by atoms with Crippen LogP contribution in [-0.4, -0.2) is 34.9 Å². The quantitative estimate of drug-likeness (QED) is 0.723. The van der Waals surface area contributed by atoms with Gasteiger partial charge in [0.25, 0.3) is 5.91 Å². The third-order valence-corrected chi connectivity index (χ3v) is 4.61. The van der Waals surface area contributed by atoms with E-state index in [2.05, 4.69) is 20.0 Å². The highest BCUT2D eigenvalue weighted by Gasteiger charge is 2.29. The molecule has 1 amide bonds. The van der Waals surface area contributed by atoms with Crippen molar-refractivity contribution in [3.8, 4) is 11.9 Å². The number of hydrogen-bond donors (Lipinski definition) is 1. The smallest absolute Gasteiger partial charge is 0.422 e. The van der Waals surface area contributed by atoms with Crippen LogP contribution in [-0.2, 0) is 0 Å². The van der Waals surface area contributed by atoms with Crippen LogP contribution in [0.3, 0.4) is 0 Å². The number of ether oxygens (including phenoxy) is 1. The van der Waals surface area contributed by atoms with Crippen molar-refractivity contribution >= 4 is 23.4 Å². The molecule has 6 nitrogen and oxygen atoms in total. The van der Waals surface area contributed by atoms with Crippen molar-refractivity contribution < 1.29 is 22.7 Å². The third-order valence-electron chi connectivity index (χ3n) is 3.93. The number of hydrogen-bond acceptors (Lipinski definition) is 6. The number of pyridine rings is 2. The molecule has 0 radical (unpaired) electrons. The number of nitrogens with zero attached hydrogens (tertiary/aromatic N) is 3. The van der Waals surface area contributed by atoms with Crippen molar-refractivity contribution in [3.63, 3.8) is 0 Å². The lowest BCUT2D eigenvalue weighted by molar-refractivity contribution is -0.154. The molecule has 2 heterocycles. The third kappa shape index (κ3) is 4.92. The summed E-state index contributed by atoms with van der Waals surface area (Å²) in [6.07, 6.45) is 0.505. The highest BCUT2D eigenvalue weighted by atomic mass is 32.2. The number of nitriles is 1. The Bertz CT molecular complexity index is 922. The average Bonchev–Trinajstić information content (AvgIpc) is 3.51. The number of thioether (sulfide) groups is 1. The van der Waals surface area contributed by atoms with E-state index in [4.69, 9.17) is 0 Å². The molecule has 0 saturated heterocycles. The molecule has 1 N–H and O–H groups in total. The average molecular weight is 408 g/mol. The summed E-state index contributed by atoms with van der Waals surface area (Å²) in [4.78, 5) is 20.9. The second-order valence-corrected chi connectivity index (χ2v) is 6.90. The fourth-order valence-electron chi connectivity index (χ4n) is 2.46. The number of nitrogens with one attached hydrogen (secondary N) is 1. The van der Waals surface area contributed by atoms with Gasteiger partial charge in [-0.15, -0.1) is 11.8 Å². The van der Waals surface area contributed by atoms with Gasteiger partial charge in [-0.05, 0) is 31.2 Å². The van der Waals surface area contributed by atoms with Gasteiger partial charge in [0.15, 0.2) is 6.61 Å². The second kappa shape index (κ2) is 8.06. The number of aromatic nitrogens is 2. The topological polar surface area (TPSA) is 87.9 Å². The lowest BCUT2D eigenvalue weighted by atomic mass is 10.1. The van der Waals surface area contributed by atoms with Gasteiger partial charge in [0.2, 0.25) is 5.88 Å². The zero-order valence-electron chi connectivity index (χ0n) is 14.7. The molecule has 0 spiro atoms. The SMILES string of the molecule is CSc1nc(C2CC2)cc(C(=O)Nc2ccc(OCC(F)(F)F)nc2)c1C#N. The van der Waals surface area contributed by atoms with Gasteiger partial charge in [-0.25, -0.2) is 9.97 Å².